The average molecular weight is 251 g/mol. The summed E-state index contributed by atoms with van der Waals surface area (Å²) in [5.74, 6) is 1.91. The molecule has 0 aliphatic carbocycles. The zero-order chi connectivity index (χ0) is 13.0. The summed E-state index contributed by atoms with van der Waals surface area (Å²) in [5.41, 5.74) is 5.62. The lowest BCUT2D eigenvalue weighted by Crippen LogP contribution is -2.34. The van der Waals surface area contributed by atoms with E-state index >= 15 is 0 Å². The van der Waals surface area contributed by atoms with Crippen LogP contribution in [0.5, 0.6) is 0 Å². The van der Waals surface area contributed by atoms with Gasteiger partial charge in [-0.3, -0.25) is 4.90 Å². The predicted molar refractivity (Wildman–Crippen MR) is 72.1 cm³/mol. The van der Waals surface area contributed by atoms with Crippen LogP contribution >= 0.6 is 0 Å². The number of hydrogen-bond donors (Lipinski definition) is 1. The van der Waals surface area contributed by atoms with E-state index in [1.165, 1.54) is 19.3 Å². The molecular formula is C13H25N5. The van der Waals surface area contributed by atoms with Crippen molar-refractivity contribution >= 4 is 0 Å². The first-order valence-electron chi connectivity index (χ1n) is 7.01. The van der Waals surface area contributed by atoms with Crippen LogP contribution in [0.2, 0.25) is 0 Å². The maximum absolute atomic E-state index is 5.62. The molecule has 18 heavy (non-hydrogen) atoms. The molecule has 0 radical (unpaired) electrons. The van der Waals surface area contributed by atoms with E-state index in [9.17, 15) is 0 Å². The number of likely N-dealkylation sites (tertiary alicyclic amines) is 1. The van der Waals surface area contributed by atoms with Crippen LogP contribution in [0.3, 0.4) is 0 Å². The molecule has 1 aromatic heterocycles. The van der Waals surface area contributed by atoms with Gasteiger partial charge in [0.1, 0.15) is 12.2 Å². The van der Waals surface area contributed by atoms with Crippen molar-refractivity contribution in [3.05, 3.63) is 12.2 Å². The maximum Gasteiger partial charge on any atom is 0.141 e. The number of nitrogens with two attached hydrogens (primary N) is 1. The zero-order valence-corrected chi connectivity index (χ0v) is 11.5. The Morgan fingerprint density at radius 2 is 2.11 bits per heavy atom. The first kappa shape index (κ1) is 13.5. The molecule has 1 aromatic rings. The number of rotatable bonds is 5. The van der Waals surface area contributed by atoms with Gasteiger partial charge in [0.05, 0.1) is 6.54 Å². The first-order chi connectivity index (χ1) is 8.70. The largest absolute Gasteiger partial charge is 0.330 e. The number of piperidine rings is 1. The Balaban J connectivity index is 1.86. The Morgan fingerprint density at radius 3 is 2.72 bits per heavy atom. The molecule has 0 aromatic carbocycles. The van der Waals surface area contributed by atoms with Crippen molar-refractivity contribution in [2.24, 2.45) is 11.7 Å². The lowest BCUT2D eigenvalue weighted by atomic mass is 9.94. The molecule has 0 unspecified atom stereocenters. The highest BCUT2D eigenvalue weighted by Crippen LogP contribution is 2.21. The van der Waals surface area contributed by atoms with Crippen LogP contribution in [0, 0.1) is 5.92 Å². The van der Waals surface area contributed by atoms with Crippen LogP contribution in [0.25, 0.3) is 0 Å². The van der Waals surface area contributed by atoms with E-state index < -0.39 is 0 Å². The highest BCUT2D eigenvalue weighted by atomic mass is 15.4. The maximum atomic E-state index is 5.62. The third-order valence-electron chi connectivity index (χ3n) is 3.78. The van der Waals surface area contributed by atoms with E-state index in [2.05, 4.69) is 28.8 Å². The second-order valence-corrected chi connectivity index (χ2v) is 5.51. The lowest BCUT2D eigenvalue weighted by Gasteiger charge is -2.31. The van der Waals surface area contributed by atoms with Gasteiger partial charge in [0.15, 0.2) is 0 Å². The summed E-state index contributed by atoms with van der Waals surface area (Å²) in [5, 5.41) is 4.29. The highest BCUT2D eigenvalue weighted by molar-refractivity contribution is 4.88. The molecule has 1 aliphatic rings. The van der Waals surface area contributed by atoms with Gasteiger partial charge in [0.25, 0.3) is 0 Å². The molecule has 0 bridgehead atoms. The van der Waals surface area contributed by atoms with Crippen molar-refractivity contribution in [3.8, 4) is 0 Å². The minimum atomic E-state index is 0.386. The second-order valence-electron chi connectivity index (χ2n) is 5.51. The van der Waals surface area contributed by atoms with E-state index in [1.807, 2.05) is 4.68 Å². The SMILES string of the molecule is CC(C)n1ncnc1CN1CCC(CCN)CC1. The third kappa shape index (κ3) is 3.29. The fraction of sp³-hybridized carbons (Fsp3) is 0.846. The summed E-state index contributed by atoms with van der Waals surface area (Å²) in [6.07, 6.45) is 5.38. The van der Waals surface area contributed by atoms with E-state index in [0.29, 0.717) is 6.04 Å². The average Bonchev–Trinajstić information content (AvgIpc) is 2.80. The predicted octanol–water partition coefficient (Wildman–Crippen LogP) is 1.42. The van der Waals surface area contributed by atoms with Crippen molar-refractivity contribution in [1.82, 2.24) is 19.7 Å². The van der Waals surface area contributed by atoms with Crippen LogP contribution in [0.15, 0.2) is 6.33 Å². The van der Waals surface area contributed by atoms with Crippen LogP contribution < -0.4 is 5.73 Å². The van der Waals surface area contributed by atoms with Crippen LogP contribution in [0.4, 0.5) is 0 Å². The molecule has 0 atom stereocenters. The summed E-state index contributed by atoms with van der Waals surface area (Å²) in [7, 11) is 0. The standard InChI is InChI=1S/C13H25N5/c1-11(2)18-13(15-10-16-18)9-17-7-4-12(3-6-14)5-8-17/h10-12H,3-9,14H2,1-2H3. The van der Waals surface area contributed by atoms with Crippen LogP contribution in [-0.4, -0.2) is 39.3 Å². The Labute approximate surface area is 109 Å². The molecular weight excluding hydrogens is 226 g/mol. The first-order valence-corrected chi connectivity index (χ1v) is 7.01. The number of hydrogen-bond acceptors (Lipinski definition) is 4. The van der Waals surface area contributed by atoms with Crippen molar-refractivity contribution in [3.63, 3.8) is 0 Å². The minimum absolute atomic E-state index is 0.386. The summed E-state index contributed by atoms with van der Waals surface area (Å²) in [4.78, 5) is 6.86. The number of aromatic nitrogens is 3. The Hall–Kier alpha value is -0.940. The molecule has 1 fully saturated rings. The summed E-state index contributed by atoms with van der Waals surface area (Å²) >= 11 is 0. The van der Waals surface area contributed by atoms with Gasteiger partial charge in [0, 0.05) is 6.04 Å². The van der Waals surface area contributed by atoms with Crippen molar-refractivity contribution in [1.29, 1.82) is 0 Å². The Bertz CT molecular complexity index is 352. The van der Waals surface area contributed by atoms with Gasteiger partial charge in [-0.1, -0.05) is 0 Å². The smallest absolute Gasteiger partial charge is 0.141 e. The molecule has 2 N–H and O–H groups in total. The molecule has 0 spiro atoms. The van der Waals surface area contributed by atoms with Gasteiger partial charge < -0.3 is 5.73 Å². The Morgan fingerprint density at radius 1 is 1.39 bits per heavy atom. The lowest BCUT2D eigenvalue weighted by molar-refractivity contribution is 0.167. The molecule has 102 valence electrons. The molecule has 0 saturated carbocycles. The van der Waals surface area contributed by atoms with E-state index in [1.54, 1.807) is 6.33 Å². The van der Waals surface area contributed by atoms with Gasteiger partial charge in [-0.2, -0.15) is 5.10 Å². The highest BCUT2D eigenvalue weighted by Gasteiger charge is 2.20. The van der Waals surface area contributed by atoms with Crippen molar-refractivity contribution in [2.75, 3.05) is 19.6 Å². The molecule has 1 aliphatic heterocycles. The molecule has 5 heteroatoms. The van der Waals surface area contributed by atoms with Crippen molar-refractivity contribution in [2.45, 2.75) is 45.7 Å². The molecule has 2 rings (SSSR count). The summed E-state index contributed by atoms with van der Waals surface area (Å²) in [6.45, 7) is 8.36. The van der Waals surface area contributed by atoms with Gasteiger partial charge >= 0.3 is 0 Å². The zero-order valence-electron chi connectivity index (χ0n) is 11.5. The fourth-order valence-corrected chi connectivity index (χ4v) is 2.69. The quantitative estimate of drug-likeness (QED) is 0.860. The van der Waals surface area contributed by atoms with Gasteiger partial charge in [0.2, 0.25) is 0 Å². The molecule has 5 nitrogen and oxygen atoms in total. The van der Waals surface area contributed by atoms with E-state index in [-0.39, 0.29) is 0 Å². The second kappa shape index (κ2) is 6.29. The van der Waals surface area contributed by atoms with E-state index in [0.717, 1.165) is 37.9 Å². The third-order valence-corrected chi connectivity index (χ3v) is 3.78. The summed E-state index contributed by atoms with van der Waals surface area (Å²) < 4.78 is 2.02. The monoisotopic (exact) mass is 251 g/mol. The number of nitrogens with zero attached hydrogens (tertiary/aromatic N) is 4. The van der Waals surface area contributed by atoms with Gasteiger partial charge in [-0.05, 0) is 58.7 Å². The fourth-order valence-electron chi connectivity index (χ4n) is 2.69. The van der Waals surface area contributed by atoms with Gasteiger partial charge in [-0.15, -0.1) is 0 Å². The molecule has 2 heterocycles. The Kier molecular flexibility index (Phi) is 4.72. The van der Waals surface area contributed by atoms with Crippen LogP contribution in [0.1, 0.15) is 45.0 Å². The molecule has 1 saturated heterocycles. The van der Waals surface area contributed by atoms with Crippen LogP contribution in [-0.2, 0) is 6.54 Å². The summed E-state index contributed by atoms with van der Waals surface area (Å²) in [6, 6.07) is 0.386. The minimum Gasteiger partial charge on any atom is -0.330 e. The van der Waals surface area contributed by atoms with Gasteiger partial charge in [-0.25, -0.2) is 9.67 Å². The van der Waals surface area contributed by atoms with Crippen molar-refractivity contribution < 1.29 is 0 Å². The molecule has 0 amide bonds. The van der Waals surface area contributed by atoms with E-state index in [4.69, 9.17) is 5.73 Å². The normalized spacial score (nSPS) is 18.7. The topological polar surface area (TPSA) is 60.0 Å².